The number of nitrogens with one attached hydrogen (secondary N) is 1. The van der Waals surface area contributed by atoms with Gasteiger partial charge in [0, 0.05) is 33.7 Å². The zero-order valence-electron chi connectivity index (χ0n) is 19.9. The van der Waals surface area contributed by atoms with Crippen molar-refractivity contribution in [3.8, 4) is 5.88 Å². The highest BCUT2D eigenvalue weighted by Crippen LogP contribution is 2.32. The highest BCUT2D eigenvalue weighted by atomic mass is 79.9. The van der Waals surface area contributed by atoms with Crippen molar-refractivity contribution in [1.29, 1.82) is 0 Å². The molecule has 0 radical (unpaired) electrons. The number of halogens is 1. The van der Waals surface area contributed by atoms with Gasteiger partial charge in [-0.1, -0.05) is 34.1 Å². The minimum absolute atomic E-state index is 0.111. The van der Waals surface area contributed by atoms with Crippen molar-refractivity contribution in [3.63, 3.8) is 0 Å². The Morgan fingerprint density at radius 3 is 2.64 bits per heavy atom. The number of aryl methyl sites for hydroxylation is 2. The molecule has 1 aromatic carbocycles. The van der Waals surface area contributed by atoms with E-state index in [1.807, 2.05) is 25.1 Å². The number of aromatic nitrogens is 2. The van der Waals surface area contributed by atoms with Crippen LogP contribution in [0.2, 0.25) is 0 Å². The lowest BCUT2D eigenvalue weighted by atomic mass is 10.0. The van der Waals surface area contributed by atoms with Crippen LogP contribution in [-0.2, 0) is 19.4 Å². The highest BCUT2D eigenvalue weighted by Gasteiger charge is 2.24. The number of fused-ring (bicyclic) bond motifs is 1. The molecule has 33 heavy (non-hydrogen) atoms. The van der Waals surface area contributed by atoms with Crippen LogP contribution in [0.5, 0.6) is 5.88 Å². The number of pyridine rings is 1. The van der Waals surface area contributed by atoms with Crippen molar-refractivity contribution in [3.05, 3.63) is 82.1 Å². The van der Waals surface area contributed by atoms with Crippen LogP contribution in [0.3, 0.4) is 0 Å². The molecule has 0 spiro atoms. The van der Waals surface area contributed by atoms with Crippen molar-refractivity contribution in [2.45, 2.75) is 52.6 Å². The second-order valence-corrected chi connectivity index (χ2v) is 9.28. The third-order valence-electron chi connectivity index (χ3n) is 5.69. The number of nitrogens with zero attached hydrogens (tertiary/aromatic N) is 2. The standard InChI is InChI=1S/C27H32BrN3O2/c1-7-9-11-19-14-18(5)30-27(33-6)23(19)16-29-26(32)25-22(10-8-2)21-13-12-20(28)15-24(21)31(25)17(3)4/h7-8,12-15,17H,1-2,9-11,16H2,3-6H3,(H,29,32). The van der Waals surface area contributed by atoms with Gasteiger partial charge in [-0.05, 0) is 69.4 Å². The molecule has 0 fully saturated rings. The molecule has 0 saturated heterocycles. The summed E-state index contributed by atoms with van der Waals surface area (Å²) in [5.41, 5.74) is 5.59. The fourth-order valence-electron chi connectivity index (χ4n) is 4.31. The van der Waals surface area contributed by atoms with E-state index in [-0.39, 0.29) is 11.9 Å². The Bertz CT molecular complexity index is 1190. The Morgan fingerprint density at radius 2 is 2.00 bits per heavy atom. The van der Waals surface area contributed by atoms with E-state index in [1.54, 1.807) is 7.11 Å². The van der Waals surface area contributed by atoms with Crippen LogP contribution in [0, 0.1) is 6.92 Å². The third-order valence-corrected chi connectivity index (χ3v) is 6.19. The molecular weight excluding hydrogens is 478 g/mol. The molecule has 3 aromatic rings. The highest BCUT2D eigenvalue weighted by molar-refractivity contribution is 9.10. The van der Waals surface area contributed by atoms with Gasteiger partial charge in [-0.3, -0.25) is 4.79 Å². The summed E-state index contributed by atoms with van der Waals surface area (Å²) in [6.07, 6.45) is 6.01. The Balaban J connectivity index is 2.05. The van der Waals surface area contributed by atoms with Crippen molar-refractivity contribution in [2.75, 3.05) is 7.11 Å². The fraction of sp³-hybridized carbons (Fsp3) is 0.333. The molecule has 0 aliphatic carbocycles. The lowest BCUT2D eigenvalue weighted by Gasteiger charge is -2.18. The predicted molar refractivity (Wildman–Crippen MR) is 139 cm³/mol. The van der Waals surface area contributed by atoms with Crippen LogP contribution in [-0.4, -0.2) is 22.6 Å². The normalized spacial score (nSPS) is 11.1. The van der Waals surface area contributed by atoms with E-state index >= 15 is 0 Å². The zero-order chi connectivity index (χ0) is 24.1. The molecule has 0 saturated carbocycles. The summed E-state index contributed by atoms with van der Waals surface area (Å²) in [6, 6.07) is 8.31. The number of benzene rings is 1. The number of amides is 1. The predicted octanol–water partition coefficient (Wildman–Crippen LogP) is 6.47. The summed E-state index contributed by atoms with van der Waals surface area (Å²) in [7, 11) is 1.61. The molecular formula is C27H32BrN3O2. The zero-order valence-corrected chi connectivity index (χ0v) is 21.5. The molecule has 3 rings (SSSR count). The van der Waals surface area contributed by atoms with E-state index in [4.69, 9.17) is 4.74 Å². The molecule has 0 unspecified atom stereocenters. The van der Waals surface area contributed by atoms with E-state index in [0.29, 0.717) is 24.5 Å². The lowest BCUT2D eigenvalue weighted by Crippen LogP contribution is -2.28. The maximum atomic E-state index is 13.6. The first-order valence-corrected chi connectivity index (χ1v) is 12.0. The second kappa shape index (κ2) is 10.8. The molecule has 2 aromatic heterocycles. The maximum Gasteiger partial charge on any atom is 0.268 e. The van der Waals surface area contributed by atoms with Crippen LogP contribution < -0.4 is 10.1 Å². The first-order chi connectivity index (χ1) is 15.8. The summed E-state index contributed by atoms with van der Waals surface area (Å²) in [5, 5.41) is 4.21. The molecule has 0 bridgehead atoms. The third kappa shape index (κ3) is 5.22. The minimum atomic E-state index is -0.120. The van der Waals surface area contributed by atoms with Gasteiger partial charge in [-0.25, -0.2) is 4.98 Å². The van der Waals surface area contributed by atoms with E-state index in [2.05, 4.69) is 76.0 Å². The van der Waals surface area contributed by atoms with Crippen LogP contribution >= 0.6 is 15.9 Å². The Kier molecular flexibility index (Phi) is 8.14. The first-order valence-electron chi connectivity index (χ1n) is 11.2. The Morgan fingerprint density at radius 1 is 1.24 bits per heavy atom. The van der Waals surface area contributed by atoms with E-state index < -0.39 is 0 Å². The Hall–Kier alpha value is -2.86. The van der Waals surface area contributed by atoms with Crippen molar-refractivity contribution < 1.29 is 9.53 Å². The van der Waals surface area contributed by atoms with Gasteiger partial charge in [0.2, 0.25) is 5.88 Å². The number of hydrogen-bond donors (Lipinski definition) is 1. The molecule has 1 amide bonds. The number of rotatable bonds is 10. The van der Waals surface area contributed by atoms with E-state index in [9.17, 15) is 4.79 Å². The van der Waals surface area contributed by atoms with E-state index in [1.165, 1.54) is 0 Å². The van der Waals surface area contributed by atoms with Gasteiger partial charge in [-0.2, -0.15) is 0 Å². The van der Waals surface area contributed by atoms with Crippen LogP contribution in [0.1, 0.15) is 59.2 Å². The molecule has 6 heteroatoms. The average Bonchev–Trinajstić information content (AvgIpc) is 3.10. The number of carbonyl (C=O) groups excluding carboxylic acids is 1. The van der Waals surface area contributed by atoms with Gasteiger partial charge in [0.1, 0.15) is 5.69 Å². The number of methoxy groups -OCH3 is 1. The topological polar surface area (TPSA) is 56.1 Å². The quantitative estimate of drug-likeness (QED) is 0.318. The van der Waals surface area contributed by atoms with Crippen molar-refractivity contribution in [1.82, 2.24) is 14.9 Å². The summed E-state index contributed by atoms with van der Waals surface area (Å²) in [6.45, 7) is 14.2. The second-order valence-electron chi connectivity index (χ2n) is 8.37. The minimum Gasteiger partial charge on any atom is -0.481 e. The molecule has 0 atom stereocenters. The van der Waals surface area contributed by atoms with Gasteiger partial charge < -0.3 is 14.6 Å². The number of hydrogen-bond acceptors (Lipinski definition) is 3. The maximum absolute atomic E-state index is 13.6. The van der Waals surface area contributed by atoms with Gasteiger partial charge in [-0.15, -0.1) is 13.2 Å². The number of allylic oxidation sites excluding steroid dienone is 2. The molecule has 1 N–H and O–H groups in total. The number of ether oxygens (including phenoxy) is 1. The average molecular weight is 510 g/mol. The summed E-state index contributed by atoms with van der Waals surface area (Å²) < 4.78 is 8.65. The molecule has 174 valence electrons. The summed E-state index contributed by atoms with van der Waals surface area (Å²) in [5.74, 6) is 0.430. The van der Waals surface area contributed by atoms with Crippen LogP contribution in [0.25, 0.3) is 10.9 Å². The van der Waals surface area contributed by atoms with E-state index in [0.717, 1.165) is 50.6 Å². The van der Waals surface area contributed by atoms with Crippen LogP contribution in [0.15, 0.2) is 54.0 Å². The van der Waals surface area contributed by atoms with Crippen LogP contribution in [0.4, 0.5) is 0 Å². The van der Waals surface area contributed by atoms with Gasteiger partial charge in [0.15, 0.2) is 0 Å². The first kappa shape index (κ1) is 24.8. The molecule has 0 aliphatic rings. The monoisotopic (exact) mass is 509 g/mol. The Labute approximate surface area is 204 Å². The fourth-order valence-corrected chi connectivity index (χ4v) is 4.66. The SMILES string of the molecule is C=CCCc1cc(C)nc(OC)c1CNC(=O)c1c(CC=C)c2ccc(Br)cc2n1C(C)C. The molecule has 2 heterocycles. The molecule has 5 nitrogen and oxygen atoms in total. The summed E-state index contributed by atoms with van der Waals surface area (Å²) >= 11 is 3.58. The van der Waals surface area contributed by atoms with Crippen molar-refractivity contribution >= 4 is 32.7 Å². The largest absolute Gasteiger partial charge is 0.481 e. The van der Waals surface area contributed by atoms with Crippen molar-refractivity contribution in [2.24, 2.45) is 0 Å². The lowest BCUT2D eigenvalue weighted by molar-refractivity contribution is 0.0939. The van der Waals surface area contributed by atoms with Gasteiger partial charge >= 0.3 is 0 Å². The number of carbonyl (C=O) groups is 1. The summed E-state index contributed by atoms with van der Waals surface area (Å²) in [4.78, 5) is 18.2. The smallest absolute Gasteiger partial charge is 0.268 e. The van der Waals surface area contributed by atoms with Gasteiger partial charge in [0.05, 0.1) is 12.6 Å². The van der Waals surface area contributed by atoms with Gasteiger partial charge in [0.25, 0.3) is 5.91 Å². The molecule has 0 aliphatic heterocycles.